The molecule has 2 aromatic rings. The Labute approximate surface area is 187 Å². The number of halogens is 3. The van der Waals surface area contributed by atoms with Gasteiger partial charge in [0.1, 0.15) is 0 Å². The fraction of sp³-hybridized carbons (Fsp3) is 0.476. The molecule has 172 valence electrons. The number of aromatic nitrogens is 1. The molecule has 2 N–H and O–H groups in total. The molecule has 0 unspecified atom stereocenters. The molecule has 2 aliphatic rings. The molecule has 2 saturated heterocycles. The molecule has 3 heterocycles. The third kappa shape index (κ3) is 5.57. The minimum atomic E-state index is -4.34. The van der Waals surface area contributed by atoms with Crippen molar-refractivity contribution in [2.24, 2.45) is 0 Å². The molecule has 2 aliphatic heterocycles. The van der Waals surface area contributed by atoms with Gasteiger partial charge in [0, 0.05) is 44.1 Å². The summed E-state index contributed by atoms with van der Waals surface area (Å²) in [5.74, 6) is -0.121. The average Bonchev–Trinajstić information content (AvgIpc) is 3.37. The molecule has 1 aromatic heterocycles. The van der Waals surface area contributed by atoms with Crippen molar-refractivity contribution < 1.29 is 22.8 Å². The fourth-order valence-corrected chi connectivity index (χ4v) is 4.79. The van der Waals surface area contributed by atoms with Crippen molar-refractivity contribution in [3.8, 4) is 0 Å². The zero-order valence-electron chi connectivity index (χ0n) is 17.3. The number of nitrogens with zero attached hydrogens (tertiary/aromatic N) is 3. The highest BCUT2D eigenvalue weighted by molar-refractivity contribution is 7.14. The van der Waals surface area contributed by atoms with Crippen molar-refractivity contribution >= 4 is 28.4 Å². The molecule has 4 rings (SSSR count). The molecule has 0 spiro atoms. The number of amides is 3. The topological polar surface area (TPSA) is 77.6 Å². The lowest BCUT2D eigenvalue weighted by Gasteiger charge is -2.32. The summed E-state index contributed by atoms with van der Waals surface area (Å²) < 4.78 is 38.7. The number of thiazole rings is 1. The van der Waals surface area contributed by atoms with E-state index < -0.39 is 11.7 Å². The summed E-state index contributed by atoms with van der Waals surface area (Å²) in [6, 6.07) is 5.27. The summed E-state index contributed by atoms with van der Waals surface area (Å²) in [6.45, 7) is 3.01. The van der Waals surface area contributed by atoms with E-state index in [2.05, 4.69) is 20.5 Å². The molecule has 32 heavy (non-hydrogen) atoms. The van der Waals surface area contributed by atoms with Crippen molar-refractivity contribution in [2.75, 3.05) is 31.1 Å². The zero-order chi connectivity index (χ0) is 22.7. The number of carbonyl (C=O) groups is 2. The Morgan fingerprint density at radius 1 is 1.25 bits per heavy atom. The van der Waals surface area contributed by atoms with Crippen LogP contribution in [0.4, 0.5) is 23.1 Å². The number of carbonyl (C=O) groups excluding carboxylic acids is 2. The number of hydrogen-bond acceptors (Lipinski definition) is 5. The van der Waals surface area contributed by atoms with Gasteiger partial charge in [0.05, 0.1) is 17.7 Å². The lowest BCUT2D eigenvalue weighted by atomic mass is 10.0. The van der Waals surface area contributed by atoms with E-state index in [1.807, 2.05) is 0 Å². The van der Waals surface area contributed by atoms with E-state index >= 15 is 0 Å². The Bertz CT molecular complexity index is 972. The molecule has 0 atom stereocenters. The van der Waals surface area contributed by atoms with E-state index in [9.17, 15) is 22.8 Å². The zero-order valence-corrected chi connectivity index (χ0v) is 18.1. The lowest BCUT2D eigenvalue weighted by Crippen LogP contribution is -2.44. The van der Waals surface area contributed by atoms with Gasteiger partial charge in [-0.3, -0.25) is 14.6 Å². The maximum absolute atomic E-state index is 12.9. The lowest BCUT2D eigenvalue weighted by molar-refractivity contribution is -0.137. The van der Waals surface area contributed by atoms with Crippen LogP contribution in [0.1, 0.15) is 29.7 Å². The number of nitrogens with one attached hydrogen (secondary N) is 2. The molecule has 0 bridgehead atoms. The largest absolute Gasteiger partial charge is 0.416 e. The third-order valence-corrected chi connectivity index (χ3v) is 6.49. The highest BCUT2D eigenvalue weighted by atomic mass is 32.1. The molecule has 7 nitrogen and oxygen atoms in total. The van der Waals surface area contributed by atoms with Crippen LogP contribution >= 0.6 is 11.3 Å². The van der Waals surface area contributed by atoms with Gasteiger partial charge in [-0.25, -0.2) is 9.78 Å². The Balaban J connectivity index is 1.22. The van der Waals surface area contributed by atoms with E-state index in [1.165, 1.54) is 23.5 Å². The van der Waals surface area contributed by atoms with E-state index in [1.54, 1.807) is 16.3 Å². The first kappa shape index (κ1) is 22.5. The highest BCUT2D eigenvalue weighted by Gasteiger charge is 2.30. The number of benzene rings is 1. The number of alkyl halides is 3. The minimum absolute atomic E-state index is 0.0303. The molecule has 0 radical (unpaired) electrons. The molecule has 1 aromatic carbocycles. The summed E-state index contributed by atoms with van der Waals surface area (Å²) in [5, 5.41) is 8.12. The maximum Gasteiger partial charge on any atom is 0.416 e. The second-order valence-corrected chi connectivity index (χ2v) is 8.83. The molecule has 0 aliphatic carbocycles. The van der Waals surface area contributed by atoms with Gasteiger partial charge < -0.3 is 10.6 Å². The second kappa shape index (κ2) is 9.45. The Kier molecular flexibility index (Phi) is 6.66. The summed E-state index contributed by atoms with van der Waals surface area (Å²) >= 11 is 1.34. The smallest absolute Gasteiger partial charge is 0.353 e. The quantitative estimate of drug-likeness (QED) is 0.685. The second-order valence-electron chi connectivity index (χ2n) is 8.00. The van der Waals surface area contributed by atoms with Gasteiger partial charge in [-0.05, 0) is 24.5 Å². The number of rotatable bonds is 6. The van der Waals surface area contributed by atoms with Crippen molar-refractivity contribution in [1.29, 1.82) is 0 Å². The average molecular weight is 468 g/mol. The molecular weight excluding hydrogens is 443 g/mol. The predicted octanol–water partition coefficient (Wildman–Crippen LogP) is 3.01. The summed E-state index contributed by atoms with van der Waals surface area (Å²) in [7, 11) is 0. The van der Waals surface area contributed by atoms with Crippen LogP contribution in [-0.2, 0) is 23.9 Å². The van der Waals surface area contributed by atoms with E-state index in [0.717, 1.165) is 18.9 Å². The summed E-state index contributed by atoms with van der Waals surface area (Å²) in [6.07, 6.45) is -2.72. The van der Waals surface area contributed by atoms with E-state index in [4.69, 9.17) is 0 Å². The first-order valence-electron chi connectivity index (χ1n) is 10.5. The van der Waals surface area contributed by atoms with Gasteiger partial charge in [-0.15, -0.1) is 11.3 Å². The van der Waals surface area contributed by atoms with Crippen molar-refractivity contribution in [3.63, 3.8) is 0 Å². The van der Waals surface area contributed by atoms with Gasteiger partial charge in [-0.2, -0.15) is 13.2 Å². The Morgan fingerprint density at radius 2 is 2.03 bits per heavy atom. The monoisotopic (exact) mass is 467 g/mol. The summed E-state index contributed by atoms with van der Waals surface area (Å²) in [4.78, 5) is 32.2. The number of piperidine rings is 1. The van der Waals surface area contributed by atoms with Crippen LogP contribution in [0.15, 0.2) is 29.6 Å². The van der Waals surface area contributed by atoms with Gasteiger partial charge in [0.2, 0.25) is 5.91 Å². The van der Waals surface area contributed by atoms with Gasteiger partial charge in [0.25, 0.3) is 0 Å². The van der Waals surface area contributed by atoms with Crippen LogP contribution in [0, 0.1) is 0 Å². The third-order valence-electron chi connectivity index (χ3n) is 5.58. The molecule has 0 saturated carbocycles. The maximum atomic E-state index is 12.9. The summed E-state index contributed by atoms with van der Waals surface area (Å²) in [5.41, 5.74) is 0.630. The molecule has 11 heteroatoms. The van der Waals surface area contributed by atoms with Crippen molar-refractivity contribution in [2.45, 2.75) is 38.0 Å². The van der Waals surface area contributed by atoms with Crippen LogP contribution < -0.4 is 15.5 Å². The first-order valence-corrected chi connectivity index (χ1v) is 11.3. The van der Waals surface area contributed by atoms with E-state index in [-0.39, 0.29) is 24.4 Å². The first-order chi connectivity index (χ1) is 15.3. The molecule has 2 fully saturated rings. The Morgan fingerprint density at radius 3 is 2.72 bits per heavy atom. The van der Waals surface area contributed by atoms with Crippen LogP contribution in [0.3, 0.4) is 0 Å². The van der Waals surface area contributed by atoms with E-state index in [0.29, 0.717) is 49.1 Å². The fourth-order valence-electron chi connectivity index (χ4n) is 3.94. The number of hydrogen-bond donors (Lipinski definition) is 2. The van der Waals surface area contributed by atoms with Gasteiger partial charge in [-0.1, -0.05) is 18.2 Å². The normalized spacial score (nSPS) is 18.1. The van der Waals surface area contributed by atoms with Crippen LogP contribution in [-0.4, -0.2) is 54.0 Å². The molecular formula is C21H24F3N5O2S. The number of likely N-dealkylation sites (tertiary alicyclic amines) is 1. The van der Waals surface area contributed by atoms with Gasteiger partial charge in [0.15, 0.2) is 5.13 Å². The number of anilines is 1. The SMILES string of the molecule is O=C(Cc1csc(N2CCNC2=O)n1)NC1CCN(Cc2cccc(C(F)(F)F)c2)CC1. The van der Waals surface area contributed by atoms with Crippen LogP contribution in [0.5, 0.6) is 0 Å². The number of urea groups is 1. The van der Waals surface area contributed by atoms with Crippen molar-refractivity contribution in [1.82, 2.24) is 20.5 Å². The van der Waals surface area contributed by atoms with Crippen LogP contribution in [0.2, 0.25) is 0 Å². The standard InChI is InChI=1S/C21H24F3N5O2S/c22-21(23,24)15-3-1-2-14(10-15)12-28-7-4-16(5-8-28)26-18(30)11-17-13-32-20(27-17)29-9-6-25-19(29)31/h1-3,10,13,16H,4-9,11-12H2,(H,25,31)(H,26,30). The van der Waals surface area contributed by atoms with Crippen molar-refractivity contribution in [3.05, 3.63) is 46.5 Å². The van der Waals surface area contributed by atoms with Gasteiger partial charge >= 0.3 is 12.2 Å². The highest BCUT2D eigenvalue weighted by Crippen LogP contribution is 2.30. The van der Waals surface area contributed by atoms with Crippen LogP contribution in [0.25, 0.3) is 0 Å². The Hall–Kier alpha value is -2.66. The predicted molar refractivity (Wildman–Crippen MR) is 114 cm³/mol. The minimum Gasteiger partial charge on any atom is -0.353 e. The molecule has 3 amide bonds.